The fourth-order valence-corrected chi connectivity index (χ4v) is 4.80. The van der Waals surface area contributed by atoms with Crippen molar-refractivity contribution < 1.29 is 22.8 Å². The maximum atomic E-state index is 12.1. The third-order valence-corrected chi connectivity index (χ3v) is 6.44. The Labute approximate surface area is 194 Å². The lowest BCUT2D eigenvalue weighted by Gasteiger charge is -2.09. The maximum absolute atomic E-state index is 12.1. The molecule has 3 aromatic rings. The minimum Gasteiger partial charge on any atom is -0.345 e. The first-order valence-electron chi connectivity index (χ1n) is 9.20. The Morgan fingerprint density at radius 1 is 1.06 bits per heavy atom. The van der Waals surface area contributed by atoms with Crippen molar-refractivity contribution in [1.82, 2.24) is 20.4 Å². The fourth-order valence-electron chi connectivity index (χ4n) is 2.48. The van der Waals surface area contributed by atoms with E-state index < -0.39 is 31.1 Å². The number of nitrogens with one attached hydrogen (secondary N) is 2. The Hall–Kier alpha value is -2.70. The summed E-state index contributed by atoms with van der Waals surface area (Å²) in [5.41, 5.74) is 2.09. The van der Waals surface area contributed by atoms with Crippen molar-refractivity contribution >= 4 is 47.1 Å². The van der Waals surface area contributed by atoms with Crippen LogP contribution >= 0.6 is 35.3 Å². The number of thioether (sulfide) groups is 1. The standard InChI is InChI=1S/C20H17F3N4O2S3/c21-20(22,23)12-25-16(28)10-24-17(29)14-6-8-15(9-7-14)27-19(30)32-18(26-27)31-11-13-4-2-1-3-5-13/h1-9H,10-12H2,(H,24,29)(H,25,28). The summed E-state index contributed by atoms with van der Waals surface area (Å²) < 4.78 is 39.2. The van der Waals surface area contributed by atoms with E-state index in [1.807, 2.05) is 30.3 Å². The second-order valence-electron chi connectivity index (χ2n) is 6.44. The Bertz CT molecular complexity index is 1130. The van der Waals surface area contributed by atoms with Crippen LogP contribution in [-0.4, -0.2) is 40.9 Å². The fraction of sp³-hybridized carbons (Fsp3) is 0.200. The molecule has 0 unspecified atom stereocenters. The molecule has 3 rings (SSSR count). The molecular formula is C20H17F3N4O2S3. The van der Waals surface area contributed by atoms with Crippen LogP contribution in [0.15, 0.2) is 58.9 Å². The van der Waals surface area contributed by atoms with Gasteiger partial charge in [-0.05, 0) is 42.0 Å². The predicted molar refractivity (Wildman–Crippen MR) is 120 cm³/mol. The molecule has 12 heteroatoms. The number of hydrogen-bond acceptors (Lipinski definition) is 6. The predicted octanol–water partition coefficient (Wildman–Crippen LogP) is 4.36. The number of benzene rings is 2. The van der Waals surface area contributed by atoms with Crippen molar-refractivity contribution in [2.24, 2.45) is 0 Å². The number of nitrogens with zero attached hydrogens (tertiary/aromatic N) is 2. The Morgan fingerprint density at radius 3 is 2.41 bits per heavy atom. The van der Waals surface area contributed by atoms with Gasteiger partial charge >= 0.3 is 6.18 Å². The van der Waals surface area contributed by atoms with Crippen molar-refractivity contribution in [3.05, 3.63) is 69.7 Å². The summed E-state index contributed by atoms with van der Waals surface area (Å²) in [6.45, 7) is -2.01. The molecule has 168 valence electrons. The SMILES string of the molecule is O=C(CNC(=O)c1ccc(-n2nc(SCc3ccccc3)sc2=S)cc1)NCC(F)(F)F. The van der Waals surface area contributed by atoms with Crippen molar-refractivity contribution in [1.29, 1.82) is 0 Å². The summed E-state index contributed by atoms with van der Waals surface area (Å²) in [5, 5.41) is 8.48. The van der Waals surface area contributed by atoms with E-state index in [0.717, 1.165) is 10.1 Å². The first-order valence-corrected chi connectivity index (χ1v) is 11.4. The van der Waals surface area contributed by atoms with Crippen LogP contribution in [-0.2, 0) is 10.5 Å². The topological polar surface area (TPSA) is 76.0 Å². The Morgan fingerprint density at radius 2 is 1.75 bits per heavy atom. The van der Waals surface area contributed by atoms with Gasteiger partial charge in [-0.15, -0.1) is 5.10 Å². The Kier molecular flexibility index (Phi) is 8.04. The van der Waals surface area contributed by atoms with Gasteiger partial charge in [-0.25, -0.2) is 4.68 Å². The van der Waals surface area contributed by atoms with Crippen LogP contribution in [0.3, 0.4) is 0 Å². The lowest BCUT2D eigenvalue weighted by Crippen LogP contribution is -2.40. The average molecular weight is 499 g/mol. The van der Waals surface area contributed by atoms with E-state index in [0.29, 0.717) is 9.64 Å². The number of amides is 2. The van der Waals surface area contributed by atoms with E-state index in [4.69, 9.17) is 12.2 Å². The summed E-state index contributed by atoms with van der Waals surface area (Å²) in [7, 11) is 0. The van der Waals surface area contributed by atoms with Gasteiger partial charge < -0.3 is 10.6 Å². The largest absolute Gasteiger partial charge is 0.405 e. The number of aromatic nitrogens is 2. The van der Waals surface area contributed by atoms with Gasteiger partial charge in [-0.1, -0.05) is 53.4 Å². The molecule has 2 N–H and O–H groups in total. The average Bonchev–Trinajstić information content (AvgIpc) is 3.15. The van der Waals surface area contributed by atoms with Gasteiger partial charge in [-0.2, -0.15) is 13.2 Å². The van der Waals surface area contributed by atoms with Crippen molar-refractivity contribution in [3.8, 4) is 5.69 Å². The van der Waals surface area contributed by atoms with Gasteiger partial charge in [0.25, 0.3) is 5.91 Å². The Balaban J connectivity index is 1.57. The van der Waals surface area contributed by atoms with Crippen molar-refractivity contribution in [2.45, 2.75) is 16.3 Å². The van der Waals surface area contributed by atoms with E-state index in [2.05, 4.69) is 10.4 Å². The van der Waals surface area contributed by atoms with Gasteiger partial charge in [0.05, 0.1) is 12.2 Å². The molecule has 32 heavy (non-hydrogen) atoms. The van der Waals surface area contributed by atoms with Crippen LogP contribution in [0.1, 0.15) is 15.9 Å². The molecule has 0 spiro atoms. The molecular weight excluding hydrogens is 481 g/mol. The van der Waals surface area contributed by atoms with Gasteiger partial charge in [0.15, 0.2) is 8.29 Å². The zero-order chi connectivity index (χ0) is 23.1. The highest BCUT2D eigenvalue weighted by molar-refractivity contribution is 8.00. The van der Waals surface area contributed by atoms with Crippen LogP contribution < -0.4 is 10.6 Å². The van der Waals surface area contributed by atoms with Crippen molar-refractivity contribution in [3.63, 3.8) is 0 Å². The van der Waals surface area contributed by atoms with Crippen LogP contribution in [0.2, 0.25) is 0 Å². The smallest absolute Gasteiger partial charge is 0.345 e. The van der Waals surface area contributed by atoms with Gasteiger partial charge in [0, 0.05) is 11.3 Å². The molecule has 0 aliphatic rings. The van der Waals surface area contributed by atoms with Crippen LogP contribution in [0, 0.1) is 3.95 Å². The van der Waals surface area contributed by atoms with Crippen LogP contribution in [0.4, 0.5) is 13.2 Å². The summed E-state index contributed by atoms with van der Waals surface area (Å²) >= 11 is 8.35. The molecule has 0 fully saturated rings. The molecule has 1 heterocycles. The highest BCUT2D eigenvalue weighted by Gasteiger charge is 2.27. The van der Waals surface area contributed by atoms with E-state index in [1.54, 1.807) is 33.9 Å². The maximum Gasteiger partial charge on any atom is 0.405 e. The number of halogens is 3. The van der Waals surface area contributed by atoms with Crippen LogP contribution in [0.5, 0.6) is 0 Å². The number of hydrogen-bond donors (Lipinski definition) is 2. The second kappa shape index (κ2) is 10.7. The molecule has 2 aromatic carbocycles. The zero-order valence-electron chi connectivity index (χ0n) is 16.4. The van der Waals surface area contributed by atoms with Gasteiger partial charge in [0.1, 0.15) is 6.54 Å². The summed E-state index contributed by atoms with van der Waals surface area (Å²) in [6.07, 6.45) is -4.51. The summed E-state index contributed by atoms with van der Waals surface area (Å²) in [4.78, 5) is 23.5. The highest BCUT2D eigenvalue weighted by Crippen LogP contribution is 2.27. The summed E-state index contributed by atoms with van der Waals surface area (Å²) in [5.74, 6) is -0.750. The summed E-state index contributed by atoms with van der Waals surface area (Å²) in [6, 6.07) is 16.3. The van der Waals surface area contributed by atoms with Gasteiger partial charge in [0.2, 0.25) is 5.91 Å². The van der Waals surface area contributed by atoms with Crippen LogP contribution in [0.25, 0.3) is 5.69 Å². The molecule has 0 aliphatic heterocycles. The third kappa shape index (κ3) is 7.18. The molecule has 6 nitrogen and oxygen atoms in total. The molecule has 0 saturated carbocycles. The first kappa shape index (κ1) is 24.0. The first-order chi connectivity index (χ1) is 15.2. The number of alkyl halides is 3. The lowest BCUT2D eigenvalue weighted by atomic mass is 10.2. The lowest BCUT2D eigenvalue weighted by molar-refractivity contribution is -0.137. The number of carbonyl (C=O) groups excluding carboxylic acids is 2. The van der Waals surface area contributed by atoms with E-state index in [1.165, 1.54) is 29.0 Å². The molecule has 0 atom stereocenters. The quantitative estimate of drug-likeness (QED) is 0.357. The molecule has 0 aliphatic carbocycles. The van der Waals surface area contributed by atoms with E-state index >= 15 is 0 Å². The minimum absolute atomic E-state index is 0.248. The minimum atomic E-state index is -4.51. The highest BCUT2D eigenvalue weighted by atomic mass is 32.2. The van der Waals surface area contributed by atoms with Crippen molar-refractivity contribution in [2.75, 3.05) is 13.1 Å². The van der Waals surface area contributed by atoms with E-state index in [9.17, 15) is 22.8 Å². The molecule has 1 aromatic heterocycles. The zero-order valence-corrected chi connectivity index (χ0v) is 18.8. The third-order valence-electron chi connectivity index (χ3n) is 4.00. The van der Waals surface area contributed by atoms with E-state index in [-0.39, 0.29) is 5.56 Å². The number of carbonyl (C=O) groups is 2. The molecule has 0 bridgehead atoms. The van der Waals surface area contributed by atoms with Gasteiger partial charge in [-0.3, -0.25) is 9.59 Å². The monoisotopic (exact) mass is 498 g/mol. The molecule has 0 saturated heterocycles. The molecule has 0 radical (unpaired) electrons. The molecule has 2 amide bonds. The number of rotatable bonds is 8. The normalized spacial score (nSPS) is 11.2. The second-order valence-corrected chi connectivity index (χ2v) is 9.29.